The van der Waals surface area contributed by atoms with Gasteiger partial charge in [-0.25, -0.2) is 10.4 Å². The summed E-state index contributed by atoms with van der Waals surface area (Å²) >= 11 is 1.40. The molecule has 6 bridgehead atoms. The summed E-state index contributed by atoms with van der Waals surface area (Å²) in [5.74, 6) is -1.59. The number of nitrogens with one attached hydrogen (secondary N) is 2. The van der Waals surface area contributed by atoms with Crippen LogP contribution in [0.3, 0.4) is 0 Å². The molecule has 1 aromatic carbocycles. The van der Waals surface area contributed by atoms with Crippen molar-refractivity contribution in [3.05, 3.63) is 88.3 Å². The fourth-order valence-corrected chi connectivity index (χ4v) is 10.8. The van der Waals surface area contributed by atoms with Gasteiger partial charge in [0.25, 0.3) is 5.91 Å². The molecule has 14 nitrogen and oxygen atoms in total. The van der Waals surface area contributed by atoms with E-state index in [0.717, 1.165) is 61.4 Å². The Morgan fingerprint density at radius 3 is 2.70 bits per heavy atom. The lowest BCUT2D eigenvalue weighted by atomic mass is 9.84. The second-order valence-electron chi connectivity index (χ2n) is 18.3. The zero-order valence-electron chi connectivity index (χ0n) is 37.9. The van der Waals surface area contributed by atoms with E-state index in [-0.39, 0.29) is 37.1 Å². The number of aromatic nitrogens is 5. The van der Waals surface area contributed by atoms with Gasteiger partial charge in [0.1, 0.15) is 23.2 Å². The molecular formula is C49H58N8O6S. The van der Waals surface area contributed by atoms with Crippen molar-refractivity contribution in [1.29, 1.82) is 0 Å². The summed E-state index contributed by atoms with van der Waals surface area (Å²) < 4.78 is 22.8. The Bertz CT molecular complexity index is 2740. The molecule has 5 aromatic heterocycles. The number of carbonyl (C=O) groups is 3. The molecule has 2 N–H and O–H groups in total. The number of cyclic esters (lactones) is 1. The number of pyridine rings is 2. The molecule has 0 unspecified atom stereocenters. The summed E-state index contributed by atoms with van der Waals surface area (Å²) in [6.07, 6.45) is 4.25. The number of aryl methyl sites for hydroxylation is 2. The average molecular weight is 887 g/mol. The maximum absolute atomic E-state index is 14.9. The number of hydrogen-bond acceptors (Lipinski definition) is 11. The zero-order valence-corrected chi connectivity index (χ0v) is 38.7. The number of ether oxygens (including phenoxy) is 3. The number of rotatable bonds is 9. The number of esters is 1. The molecule has 1 saturated carbocycles. The van der Waals surface area contributed by atoms with Gasteiger partial charge in [-0.2, -0.15) is 0 Å². The van der Waals surface area contributed by atoms with Crippen LogP contribution in [0.25, 0.3) is 44.5 Å². The number of methoxy groups -OCH3 is 1. The summed E-state index contributed by atoms with van der Waals surface area (Å²) in [5.41, 5.74) is 12.1. The molecule has 7 heterocycles. The molecule has 2 amide bonds. The standard InChI is InChI=1S/C49H58N8O6S/c1-9-56-37-17-15-29-23-31(37)32(43(56)30-13-11-20-50-41(30)28(4)61-8)24-49(5,6)26-63-48(60)35-14-12-21-57(54-35)47(59)42(44(62-10-2)46-52-36(29)25-64-46)53-45(58)40-27(3)39(40)34-16-18-38-33(51-34)19-22-55(38)7/h11,13,15-20,22-23,25,27-28,35,39-40,42,44,54H,9-10,12,14,21,24,26H2,1-8H3,(H,53,58)/t27-,28-,35-,39-,40+,42-,44-/m0/s1. The Hall–Kier alpha value is -5.48. The second-order valence-corrected chi connectivity index (χ2v) is 19.2. The predicted molar refractivity (Wildman–Crippen MR) is 246 cm³/mol. The van der Waals surface area contributed by atoms with Crippen molar-refractivity contribution in [3.63, 3.8) is 0 Å². The number of thiazole rings is 1. The first-order valence-electron chi connectivity index (χ1n) is 22.5. The number of nitrogens with zero attached hydrogens (tertiary/aromatic N) is 6. The Balaban J connectivity index is 1.13. The normalized spacial score (nSPS) is 24.1. The van der Waals surface area contributed by atoms with E-state index in [1.54, 1.807) is 13.3 Å². The summed E-state index contributed by atoms with van der Waals surface area (Å²) in [5, 5.41) is 8.22. The van der Waals surface area contributed by atoms with Crippen molar-refractivity contribution >= 4 is 51.1 Å². The maximum atomic E-state index is 14.9. The largest absolute Gasteiger partial charge is 0.464 e. The van der Waals surface area contributed by atoms with Gasteiger partial charge in [0.2, 0.25) is 5.91 Å². The van der Waals surface area contributed by atoms with Crippen molar-refractivity contribution in [2.24, 2.45) is 24.3 Å². The Morgan fingerprint density at radius 2 is 1.92 bits per heavy atom. The van der Waals surface area contributed by atoms with Crippen LogP contribution in [-0.2, 0) is 48.6 Å². The maximum Gasteiger partial charge on any atom is 0.324 e. The lowest BCUT2D eigenvalue weighted by molar-refractivity contribution is -0.156. The van der Waals surface area contributed by atoms with Crippen molar-refractivity contribution in [2.75, 3.05) is 26.9 Å². The number of benzene rings is 1. The third-order valence-corrected chi connectivity index (χ3v) is 14.3. The van der Waals surface area contributed by atoms with Crippen LogP contribution >= 0.6 is 11.3 Å². The number of hydrogen-bond donors (Lipinski definition) is 2. The minimum absolute atomic E-state index is 0.00696. The van der Waals surface area contributed by atoms with Crippen LogP contribution in [0.15, 0.2) is 66.3 Å². The van der Waals surface area contributed by atoms with Crippen molar-refractivity contribution in [3.8, 4) is 22.5 Å². The van der Waals surface area contributed by atoms with Gasteiger partial charge < -0.3 is 28.7 Å². The molecule has 3 aliphatic rings. The first-order valence-corrected chi connectivity index (χ1v) is 23.4. The van der Waals surface area contributed by atoms with Gasteiger partial charge >= 0.3 is 5.97 Å². The van der Waals surface area contributed by atoms with E-state index >= 15 is 0 Å². The van der Waals surface area contributed by atoms with Crippen LogP contribution in [0, 0.1) is 17.3 Å². The molecule has 0 radical (unpaired) electrons. The monoisotopic (exact) mass is 886 g/mol. The van der Waals surface area contributed by atoms with Crippen LogP contribution in [0.2, 0.25) is 0 Å². The average Bonchev–Trinajstić information content (AvgIpc) is 3.58. The highest BCUT2D eigenvalue weighted by Gasteiger charge is 2.54. The van der Waals surface area contributed by atoms with Crippen LogP contribution in [-0.4, -0.2) is 85.8 Å². The highest BCUT2D eigenvalue weighted by atomic mass is 32.1. The van der Waals surface area contributed by atoms with E-state index < -0.39 is 41.4 Å². The van der Waals surface area contributed by atoms with Gasteiger partial charge in [-0.15, -0.1) is 11.3 Å². The minimum Gasteiger partial charge on any atom is -0.464 e. The van der Waals surface area contributed by atoms with Gasteiger partial charge in [0.15, 0.2) is 0 Å². The van der Waals surface area contributed by atoms with E-state index in [9.17, 15) is 14.4 Å². The third-order valence-electron chi connectivity index (χ3n) is 13.4. The van der Waals surface area contributed by atoms with Crippen molar-refractivity contribution < 1.29 is 28.6 Å². The van der Waals surface area contributed by atoms with Crippen LogP contribution in [0.1, 0.15) is 94.5 Å². The number of fused-ring (bicyclic) bond motifs is 7. The van der Waals surface area contributed by atoms with E-state index in [1.807, 2.05) is 68.2 Å². The highest BCUT2D eigenvalue weighted by Crippen LogP contribution is 2.53. The predicted octanol–water partition coefficient (Wildman–Crippen LogP) is 7.67. The highest BCUT2D eigenvalue weighted by molar-refractivity contribution is 7.10. The van der Waals surface area contributed by atoms with Gasteiger partial charge in [0, 0.05) is 96.6 Å². The molecule has 15 heteroatoms. The first-order chi connectivity index (χ1) is 30.8. The summed E-state index contributed by atoms with van der Waals surface area (Å²) in [6.45, 7) is 13.8. The molecule has 1 aliphatic carbocycles. The fraction of sp³-hybridized carbons (Fsp3) is 0.469. The smallest absolute Gasteiger partial charge is 0.324 e. The second kappa shape index (κ2) is 17.5. The minimum atomic E-state index is -1.15. The molecular weight excluding hydrogens is 829 g/mol. The van der Waals surface area contributed by atoms with Gasteiger partial charge in [-0.3, -0.25) is 29.4 Å². The van der Waals surface area contributed by atoms with Crippen LogP contribution in [0.5, 0.6) is 0 Å². The van der Waals surface area contributed by atoms with Crippen molar-refractivity contribution in [2.45, 2.75) is 97.6 Å². The molecule has 336 valence electrons. The summed E-state index contributed by atoms with van der Waals surface area (Å²) in [7, 11) is 3.68. The molecule has 0 spiro atoms. The number of amides is 2. The van der Waals surface area contributed by atoms with Gasteiger partial charge in [0.05, 0.1) is 40.8 Å². The SMILES string of the molecule is CCO[C@@H]1c2nc(cs2)-c2ccc3c(c2)c(c(-c2cccnc2[C@H](C)OC)n3CC)CC(C)(C)COC(=O)[C@@H]2CCCN(N2)C(=O)[C@H]1NC(=O)[C@@H]1[C@@H](C)[C@H]1c1ccc2c(ccn2C)n1. The van der Waals surface area contributed by atoms with E-state index in [1.165, 1.54) is 16.3 Å². The lowest BCUT2D eigenvalue weighted by Gasteiger charge is -2.37. The number of hydrazine groups is 1. The molecule has 9 rings (SSSR count). The number of carbonyl (C=O) groups excluding carboxylic acids is 3. The van der Waals surface area contributed by atoms with Crippen molar-refractivity contribution in [1.82, 2.24) is 39.8 Å². The molecule has 7 atom stereocenters. The van der Waals surface area contributed by atoms with Crippen LogP contribution in [0.4, 0.5) is 0 Å². The van der Waals surface area contributed by atoms with Crippen LogP contribution < -0.4 is 10.7 Å². The summed E-state index contributed by atoms with van der Waals surface area (Å²) in [4.78, 5) is 58.2. The Morgan fingerprint density at radius 1 is 1.11 bits per heavy atom. The lowest BCUT2D eigenvalue weighted by Crippen LogP contribution is -2.61. The Labute approximate surface area is 377 Å². The molecule has 2 fully saturated rings. The first kappa shape index (κ1) is 43.8. The van der Waals surface area contributed by atoms with E-state index in [4.69, 9.17) is 29.2 Å². The van der Waals surface area contributed by atoms with E-state index in [2.05, 4.69) is 60.3 Å². The fourth-order valence-electron chi connectivity index (χ4n) is 9.86. The quantitative estimate of drug-likeness (QED) is 0.138. The third kappa shape index (κ3) is 8.01. The molecule has 64 heavy (non-hydrogen) atoms. The van der Waals surface area contributed by atoms with E-state index in [0.29, 0.717) is 37.4 Å². The zero-order chi connectivity index (χ0) is 45.0. The summed E-state index contributed by atoms with van der Waals surface area (Å²) in [6, 6.07) is 14.6. The Kier molecular flexibility index (Phi) is 12.0. The van der Waals surface area contributed by atoms with Gasteiger partial charge in [-0.05, 0) is 94.0 Å². The molecule has 2 aliphatic heterocycles. The molecule has 6 aromatic rings. The topological polar surface area (TPSA) is 155 Å². The molecule has 1 saturated heterocycles. The van der Waals surface area contributed by atoms with Gasteiger partial charge in [-0.1, -0.05) is 26.8 Å².